The van der Waals surface area contributed by atoms with E-state index >= 15 is 0 Å². The Morgan fingerprint density at radius 3 is 3.05 bits per heavy atom. The first kappa shape index (κ1) is 13.4. The van der Waals surface area contributed by atoms with Crippen molar-refractivity contribution in [2.24, 2.45) is 5.41 Å². The van der Waals surface area contributed by atoms with E-state index < -0.39 is 11.4 Å². The van der Waals surface area contributed by atoms with E-state index in [4.69, 9.17) is 0 Å². The number of carboxylic acid groups (broad SMARTS) is 1. The van der Waals surface area contributed by atoms with E-state index in [9.17, 15) is 14.7 Å². The lowest BCUT2D eigenvalue weighted by Gasteiger charge is -2.27. The number of carboxylic acids is 1. The highest BCUT2D eigenvalue weighted by Crippen LogP contribution is 2.38. The number of rotatable bonds is 4. The minimum atomic E-state index is -0.868. The Hall–Kier alpha value is -2.05. The van der Waals surface area contributed by atoms with Crippen LogP contribution in [0.4, 0.5) is 4.79 Å². The number of aromatic amines is 1. The standard InChI is InChI=1S/C12H18N4O3/c1-12(10(17)18)4-2-3-9(12)16-11(19)13-5-8-6-14-15-7-8/h6-7,9H,2-5H2,1H3,(H,14,15)(H,17,18)(H2,13,16,19). The molecule has 2 rings (SSSR count). The van der Waals surface area contributed by atoms with Gasteiger partial charge in [0.05, 0.1) is 11.6 Å². The molecule has 4 N–H and O–H groups in total. The number of hydrogen-bond donors (Lipinski definition) is 4. The Balaban J connectivity index is 1.86. The molecule has 0 spiro atoms. The fraction of sp³-hybridized carbons (Fsp3) is 0.583. The van der Waals surface area contributed by atoms with Gasteiger partial charge in [0.25, 0.3) is 0 Å². The number of carbonyl (C=O) groups excluding carboxylic acids is 1. The van der Waals surface area contributed by atoms with Crippen molar-refractivity contribution < 1.29 is 14.7 Å². The molecule has 0 aliphatic heterocycles. The fourth-order valence-corrected chi connectivity index (χ4v) is 2.42. The normalized spacial score (nSPS) is 26.1. The predicted octanol–water partition coefficient (Wildman–Crippen LogP) is 0.852. The lowest BCUT2D eigenvalue weighted by molar-refractivity contribution is -0.148. The predicted molar refractivity (Wildman–Crippen MR) is 67.3 cm³/mol. The van der Waals surface area contributed by atoms with Crippen molar-refractivity contribution >= 4 is 12.0 Å². The molecule has 0 saturated heterocycles. The van der Waals surface area contributed by atoms with Crippen molar-refractivity contribution in [1.29, 1.82) is 0 Å². The van der Waals surface area contributed by atoms with Crippen molar-refractivity contribution in [2.75, 3.05) is 0 Å². The average molecular weight is 266 g/mol. The molecule has 1 aliphatic rings. The largest absolute Gasteiger partial charge is 0.481 e. The van der Waals surface area contributed by atoms with Crippen molar-refractivity contribution in [3.63, 3.8) is 0 Å². The molecule has 2 amide bonds. The van der Waals surface area contributed by atoms with Crippen molar-refractivity contribution in [1.82, 2.24) is 20.8 Å². The van der Waals surface area contributed by atoms with Gasteiger partial charge in [-0.25, -0.2) is 4.79 Å². The Labute approximate surface area is 110 Å². The molecule has 104 valence electrons. The van der Waals surface area contributed by atoms with E-state index in [1.807, 2.05) is 0 Å². The zero-order chi connectivity index (χ0) is 13.9. The lowest BCUT2D eigenvalue weighted by Crippen LogP contribution is -2.50. The maximum absolute atomic E-state index is 11.8. The molecule has 1 aliphatic carbocycles. The number of carbonyl (C=O) groups is 2. The third kappa shape index (κ3) is 2.86. The van der Waals surface area contributed by atoms with Crippen LogP contribution < -0.4 is 10.6 Å². The molecular weight excluding hydrogens is 248 g/mol. The molecule has 7 nitrogen and oxygen atoms in total. The van der Waals surface area contributed by atoms with Gasteiger partial charge in [-0.1, -0.05) is 6.42 Å². The van der Waals surface area contributed by atoms with Crippen molar-refractivity contribution in [3.8, 4) is 0 Å². The number of aromatic nitrogens is 2. The highest BCUT2D eigenvalue weighted by Gasteiger charge is 2.45. The number of urea groups is 1. The van der Waals surface area contributed by atoms with Gasteiger partial charge >= 0.3 is 12.0 Å². The third-order valence-electron chi connectivity index (χ3n) is 3.76. The van der Waals surface area contributed by atoms with Gasteiger partial charge in [0.2, 0.25) is 0 Å². The molecule has 2 unspecified atom stereocenters. The number of nitrogens with zero attached hydrogens (tertiary/aromatic N) is 1. The Morgan fingerprint density at radius 2 is 2.42 bits per heavy atom. The van der Waals surface area contributed by atoms with Crippen LogP contribution in [0.15, 0.2) is 12.4 Å². The topological polar surface area (TPSA) is 107 Å². The second-order valence-electron chi connectivity index (χ2n) is 5.10. The molecule has 1 heterocycles. The maximum Gasteiger partial charge on any atom is 0.315 e. The maximum atomic E-state index is 11.8. The van der Waals surface area contributed by atoms with E-state index in [2.05, 4.69) is 20.8 Å². The molecule has 2 atom stereocenters. The SMILES string of the molecule is CC1(C(=O)O)CCCC1NC(=O)NCc1cn[nH]c1. The molecule has 1 aromatic rings. The quantitative estimate of drug-likeness (QED) is 0.648. The van der Waals surface area contributed by atoms with Crippen LogP contribution >= 0.6 is 0 Å². The third-order valence-corrected chi connectivity index (χ3v) is 3.76. The summed E-state index contributed by atoms with van der Waals surface area (Å²) in [5.74, 6) is -0.856. The van der Waals surface area contributed by atoms with Crippen LogP contribution in [0, 0.1) is 5.41 Å². The highest BCUT2D eigenvalue weighted by molar-refractivity contribution is 5.79. The summed E-state index contributed by atoms with van der Waals surface area (Å²) in [4.78, 5) is 23.0. The molecule has 0 aromatic carbocycles. The molecule has 7 heteroatoms. The van der Waals surface area contributed by atoms with Crippen LogP contribution in [0.5, 0.6) is 0 Å². The number of amides is 2. The average Bonchev–Trinajstić information content (AvgIpc) is 2.98. The van der Waals surface area contributed by atoms with Crippen LogP contribution in [0.25, 0.3) is 0 Å². The Bertz CT molecular complexity index is 460. The first-order valence-electron chi connectivity index (χ1n) is 6.28. The monoisotopic (exact) mass is 266 g/mol. The van der Waals surface area contributed by atoms with Crippen molar-refractivity contribution in [3.05, 3.63) is 18.0 Å². The van der Waals surface area contributed by atoms with Gasteiger partial charge in [-0.3, -0.25) is 9.89 Å². The molecule has 1 fully saturated rings. The second-order valence-corrected chi connectivity index (χ2v) is 5.10. The van der Waals surface area contributed by atoms with Crippen molar-refractivity contribution in [2.45, 2.75) is 38.8 Å². The van der Waals surface area contributed by atoms with Gasteiger partial charge in [0.1, 0.15) is 0 Å². The summed E-state index contributed by atoms with van der Waals surface area (Å²) in [5.41, 5.74) is -0.00459. The van der Waals surface area contributed by atoms with Gasteiger partial charge in [-0.15, -0.1) is 0 Å². The number of nitrogens with one attached hydrogen (secondary N) is 3. The summed E-state index contributed by atoms with van der Waals surface area (Å²) in [6.07, 6.45) is 5.42. The first-order valence-corrected chi connectivity index (χ1v) is 6.28. The lowest BCUT2D eigenvalue weighted by atomic mass is 9.85. The number of H-pyrrole nitrogens is 1. The molecule has 1 saturated carbocycles. The van der Waals surface area contributed by atoms with Gasteiger partial charge in [0.15, 0.2) is 0 Å². The van der Waals surface area contributed by atoms with E-state index in [1.54, 1.807) is 19.3 Å². The Morgan fingerprint density at radius 1 is 1.63 bits per heavy atom. The summed E-state index contributed by atoms with van der Waals surface area (Å²) in [7, 11) is 0. The van der Waals surface area contributed by atoms with Crippen LogP contribution in [-0.4, -0.2) is 33.3 Å². The Kier molecular flexibility index (Phi) is 3.73. The zero-order valence-electron chi connectivity index (χ0n) is 10.8. The fourth-order valence-electron chi connectivity index (χ4n) is 2.42. The summed E-state index contributed by atoms with van der Waals surface area (Å²) in [5, 5.41) is 21.1. The smallest absolute Gasteiger partial charge is 0.315 e. The zero-order valence-corrected chi connectivity index (χ0v) is 10.8. The number of hydrogen-bond acceptors (Lipinski definition) is 3. The summed E-state index contributed by atoms with van der Waals surface area (Å²) in [6, 6.07) is -0.671. The van der Waals surface area contributed by atoms with Gasteiger partial charge < -0.3 is 15.7 Å². The first-order chi connectivity index (χ1) is 9.02. The van der Waals surface area contributed by atoms with Gasteiger partial charge in [-0.05, 0) is 19.8 Å². The molecular formula is C12H18N4O3. The molecule has 0 radical (unpaired) electrons. The van der Waals surface area contributed by atoms with E-state index in [1.165, 1.54) is 0 Å². The highest BCUT2D eigenvalue weighted by atomic mass is 16.4. The van der Waals surface area contributed by atoms with E-state index in [0.29, 0.717) is 19.4 Å². The second kappa shape index (κ2) is 5.29. The summed E-state index contributed by atoms with van der Waals surface area (Å²) < 4.78 is 0. The van der Waals surface area contributed by atoms with E-state index in [0.717, 1.165) is 12.0 Å². The molecule has 1 aromatic heterocycles. The van der Waals surface area contributed by atoms with E-state index in [-0.39, 0.29) is 12.1 Å². The number of aliphatic carboxylic acids is 1. The minimum absolute atomic E-state index is 0.325. The summed E-state index contributed by atoms with van der Waals surface area (Å²) in [6.45, 7) is 2.04. The summed E-state index contributed by atoms with van der Waals surface area (Å²) >= 11 is 0. The molecule has 0 bridgehead atoms. The minimum Gasteiger partial charge on any atom is -0.481 e. The molecule has 19 heavy (non-hydrogen) atoms. The van der Waals surface area contributed by atoms with Crippen LogP contribution in [0.3, 0.4) is 0 Å². The van der Waals surface area contributed by atoms with Crippen LogP contribution in [0.2, 0.25) is 0 Å². The van der Waals surface area contributed by atoms with Crippen LogP contribution in [0.1, 0.15) is 31.7 Å². The van der Waals surface area contributed by atoms with Gasteiger partial charge in [0, 0.05) is 24.3 Å². The van der Waals surface area contributed by atoms with Gasteiger partial charge in [-0.2, -0.15) is 5.10 Å². The van der Waals surface area contributed by atoms with Crippen LogP contribution in [-0.2, 0) is 11.3 Å².